The fraction of sp³-hybridized carbons (Fsp3) is 0.480. The quantitative estimate of drug-likeness (QED) is 0.634. The van der Waals surface area contributed by atoms with Crippen molar-refractivity contribution in [1.29, 1.82) is 0 Å². The van der Waals surface area contributed by atoms with Gasteiger partial charge in [-0.1, -0.05) is 45.0 Å². The fourth-order valence-corrected chi connectivity index (χ4v) is 5.55. The summed E-state index contributed by atoms with van der Waals surface area (Å²) in [6.45, 7) is 6.67. The van der Waals surface area contributed by atoms with Crippen LogP contribution in [0.25, 0.3) is 0 Å². The fourth-order valence-electron chi connectivity index (χ4n) is 3.82. The Bertz CT molecular complexity index is 1020. The summed E-state index contributed by atoms with van der Waals surface area (Å²) in [4.78, 5) is 16.8. The normalized spacial score (nSPS) is 17.7. The maximum absolute atomic E-state index is 13.1. The van der Waals surface area contributed by atoms with Crippen molar-refractivity contribution in [3.63, 3.8) is 0 Å². The van der Waals surface area contributed by atoms with Gasteiger partial charge in [0.1, 0.15) is 5.75 Å². The number of nitrogens with zero attached hydrogens (tertiary/aromatic N) is 2. The van der Waals surface area contributed by atoms with E-state index in [1.165, 1.54) is 5.56 Å². The molecule has 0 saturated carbocycles. The lowest BCUT2D eigenvalue weighted by Crippen LogP contribution is -2.43. The molecule has 0 unspecified atom stereocenters. The number of benzene rings is 2. The molecular weight excluding hydrogens is 424 g/mol. The highest BCUT2D eigenvalue weighted by molar-refractivity contribution is 7.91. The number of ether oxygens (including phenoxy) is 1. The van der Waals surface area contributed by atoms with Crippen LogP contribution >= 0.6 is 0 Å². The van der Waals surface area contributed by atoms with Crippen LogP contribution in [0.15, 0.2) is 48.5 Å². The molecule has 2 aromatic rings. The zero-order valence-corrected chi connectivity index (χ0v) is 20.5. The molecule has 0 bridgehead atoms. The van der Waals surface area contributed by atoms with Crippen molar-refractivity contribution in [2.45, 2.75) is 45.2 Å². The third kappa shape index (κ3) is 6.25. The zero-order valence-electron chi connectivity index (χ0n) is 19.7. The van der Waals surface area contributed by atoms with E-state index in [-0.39, 0.29) is 35.5 Å². The van der Waals surface area contributed by atoms with Crippen molar-refractivity contribution in [1.82, 2.24) is 4.90 Å². The number of sulfone groups is 1. The summed E-state index contributed by atoms with van der Waals surface area (Å²) in [5.74, 6) is 0.551. The molecule has 3 rings (SSSR count). The van der Waals surface area contributed by atoms with E-state index in [0.717, 1.165) is 11.3 Å². The third-order valence-corrected chi connectivity index (χ3v) is 7.61. The Morgan fingerprint density at radius 3 is 2.16 bits per heavy atom. The predicted molar refractivity (Wildman–Crippen MR) is 129 cm³/mol. The van der Waals surface area contributed by atoms with Crippen LogP contribution in [0.2, 0.25) is 0 Å². The van der Waals surface area contributed by atoms with Gasteiger partial charge in [0.15, 0.2) is 16.4 Å². The van der Waals surface area contributed by atoms with Gasteiger partial charge in [-0.2, -0.15) is 0 Å². The second kappa shape index (κ2) is 9.53. The van der Waals surface area contributed by atoms with E-state index in [0.29, 0.717) is 18.7 Å². The number of amides is 1. The molecule has 1 fully saturated rings. The molecule has 6 nitrogen and oxygen atoms in total. The van der Waals surface area contributed by atoms with Gasteiger partial charge in [0.05, 0.1) is 11.5 Å². The van der Waals surface area contributed by atoms with Gasteiger partial charge in [-0.05, 0) is 47.2 Å². The van der Waals surface area contributed by atoms with E-state index in [9.17, 15) is 13.2 Å². The molecule has 0 radical (unpaired) electrons. The largest absolute Gasteiger partial charge is 0.484 e. The van der Waals surface area contributed by atoms with Crippen molar-refractivity contribution in [2.75, 3.05) is 37.1 Å². The molecule has 1 aliphatic rings. The minimum atomic E-state index is -3.11. The first-order valence-electron chi connectivity index (χ1n) is 10.9. The molecule has 1 heterocycles. The van der Waals surface area contributed by atoms with E-state index in [2.05, 4.69) is 20.8 Å². The molecule has 0 N–H and O–H groups in total. The first kappa shape index (κ1) is 24.1. The SMILES string of the molecule is CN(C)c1ccc(CN(C(=O)COc2ccc(C(C)(C)C)cc2)[C@H]2CCS(=O)(=O)C2)cc1. The highest BCUT2D eigenvalue weighted by atomic mass is 32.2. The van der Waals surface area contributed by atoms with Gasteiger partial charge in [-0.15, -0.1) is 0 Å². The molecule has 174 valence electrons. The highest BCUT2D eigenvalue weighted by Gasteiger charge is 2.34. The first-order valence-corrected chi connectivity index (χ1v) is 12.8. The maximum atomic E-state index is 13.1. The molecule has 32 heavy (non-hydrogen) atoms. The molecule has 0 aliphatic carbocycles. The molecular formula is C25H34N2O4S. The lowest BCUT2D eigenvalue weighted by atomic mass is 9.87. The lowest BCUT2D eigenvalue weighted by Gasteiger charge is -2.28. The second-order valence-corrected chi connectivity index (χ2v) is 11.9. The first-order chi connectivity index (χ1) is 14.9. The highest BCUT2D eigenvalue weighted by Crippen LogP contribution is 2.25. The lowest BCUT2D eigenvalue weighted by molar-refractivity contribution is -0.136. The minimum Gasteiger partial charge on any atom is -0.484 e. The van der Waals surface area contributed by atoms with Gasteiger partial charge in [0.2, 0.25) is 0 Å². The monoisotopic (exact) mass is 458 g/mol. The van der Waals surface area contributed by atoms with Gasteiger partial charge in [-0.3, -0.25) is 4.79 Å². The molecule has 1 saturated heterocycles. The van der Waals surface area contributed by atoms with E-state index in [1.807, 2.05) is 67.5 Å². The number of hydrogen-bond acceptors (Lipinski definition) is 5. The van der Waals surface area contributed by atoms with Crippen molar-refractivity contribution < 1.29 is 17.9 Å². The molecule has 1 atom stereocenters. The smallest absolute Gasteiger partial charge is 0.261 e. The summed E-state index contributed by atoms with van der Waals surface area (Å²) >= 11 is 0. The van der Waals surface area contributed by atoms with Crippen molar-refractivity contribution >= 4 is 21.4 Å². The van der Waals surface area contributed by atoms with Gasteiger partial charge in [0, 0.05) is 32.4 Å². The van der Waals surface area contributed by atoms with E-state index >= 15 is 0 Å². The third-order valence-electron chi connectivity index (χ3n) is 5.86. The average Bonchev–Trinajstić information content (AvgIpc) is 3.09. The molecule has 2 aromatic carbocycles. The number of carbonyl (C=O) groups excluding carboxylic acids is 1. The Kier molecular flexibility index (Phi) is 7.18. The summed E-state index contributed by atoms with van der Waals surface area (Å²) < 4.78 is 29.9. The van der Waals surface area contributed by atoms with Gasteiger partial charge in [0.25, 0.3) is 5.91 Å². The van der Waals surface area contributed by atoms with Crippen LogP contribution in [0.1, 0.15) is 38.3 Å². The number of hydrogen-bond donors (Lipinski definition) is 0. The topological polar surface area (TPSA) is 66.9 Å². The van der Waals surface area contributed by atoms with E-state index in [1.54, 1.807) is 4.90 Å². The van der Waals surface area contributed by atoms with Crippen LogP contribution in [0.3, 0.4) is 0 Å². The van der Waals surface area contributed by atoms with Gasteiger partial charge < -0.3 is 14.5 Å². The molecule has 0 aromatic heterocycles. The summed E-state index contributed by atoms with van der Waals surface area (Å²) in [7, 11) is 0.832. The average molecular weight is 459 g/mol. The van der Waals surface area contributed by atoms with Gasteiger partial charge in [-0.25, -0.2) is 8.42 Å². The Hall–Kier alpha value is -2.54. The molecule has 7 heteroatoms. The van der Waals surface area contributed by atoms with Crippen LogP contribution in [0.5, 0.6) is 5.75 Å². The van der Waals surface area contributed by atoms with E-state index < -0.39 is 9.84 Å². The summed E-state index contributed by atoms with van der Waals surface area (Å²) in [5, 5.41) is 0. The summed E-state index contributed by atoms with van der Waals surface area (Å²) in [6, 6.07) is 15.4. The van der Waals surface area contributed by atoms with Crippen LogP contribution in [-0.4, -0.2) is 57.5 Å². The van der Waals surface area contributed by atoms with Crippen LogP contribution in [-0.2, 0) is 26.6 Å². The number of anilines is 1. The Morgan fingerprint density at radius 2 is 1.66 bits per heavy atom. The second-order valence-electron chi connectivity index (χ2n) is 9.70. The summed E-state index contributed by atoms with van der Waals surface area (Å²) in [5.41, 5.74) is 3.26. The van der Waals surface area contributed by atoms with E-state index in [4.69, 9.17) is 4.74 Å². The maximum Gasteiger partial charge on any atom is 0.261 e. The number of carbonyl (C=O) groups is 1. The van der Waals surface area contributed by atoms with Crippen LogP contribution < -0.4 is 9.64 Å². The Morgan fingerprint density at radius 1 is 1.03 bits per heavy atom. The molecule has 1 amide bonds. The van der Waals surface area contributed by atoms with Crippen LogP contribution in [0, 0.1) is 0 Å². The van der Waals surface area contributed by atoms with Crippen molar-refractivity contribution in [2.24, 2.45) is 0 Å². The summed E-state index contributed by atoms with van der Waals surface area (Å²) in [6.07, 6.45) is 0.462. The van der Waals surface area contributed by atoms with Crippen LogP contribution in [0.4, 0.5) is 5.69 Å². The zero-order chi connectivity index (χ0) is 23.5. The molecule has 0 spiro atoms. The Labute approximate surface area is 192 Å². The number of rotatable bonds is 7. The minimum absolute atomic E-state index is 0.00873. The Balaban J connectivity index is 1.71. The van der Waals surface area contributed by atoms with Gasteiger partial charge >= 0.3 is 0 Å². The predicted octanol–water partition coefficient (Wildman–Crippen LogP) is 3.64. The standard InChI is InChI=1S/C25H34N2O4S/c1-25(2,3)20-8-12-23(13-9-20)31-17-24(28)27(22-14-15-32(29,30)18-22)16-19-6-10-21(11-7-19)26(4)5/h6-13,22H,14-18H2,1-5H3/t22-/m0/s1. The molecule has 1 aliphatic heterocycles. The van der Waals surface area contributed by atoms with Crippen molar-refractivity contribution in [3.05, 3.63) is 59.7 Å². The van der Waals surface area contributed by atoms with Crippen molar-refractivity contribution in [3.8, 4) is 5.75 Å².